The molecule has 0 amide bonds. The van der Waals surface area contributed by atoms with Crippen LogP contribution in [0.3, 0.4) is 0 Å². The van der Waals surface area contributed by atoms with Crippen LogP contribution in [0.1, 0.15) is 32.8 Å². The normalized spacial score (nSPS) is 52.8. The van der Waals surface area contributed by atoms with Gasteiger partial charge in [-0.25, -0.2) is 0 Å². The topological polar surface area (TPSA) is 20.2 Å². The molecule has 1 aromatic carbocycles. The molecule has 4 saturated carbocycles. The molecule has 0 heterocycles. The summed E-state index contributed by atoms with van der Waals surface area (Å²) >= 11 is 0. The Balaban J connectivity index is 1.93. The van der Waals surface area contributed by atoms with E-state index in [1.165, 1.54) is 6.42 Å². The highest BCUT2D eigenvalue weighted by Crippen LogP contribution is 2.89. The molecule has 0 radical (unpaired) electrons. The lowest BCUT2D eigenvalue weighted by Gasteiger charge is -2.44. The molecule has 4 fully saturated rings. The van der Waals surface area contributed by atoms with Crippen LogP contribution in [-0.2, 0) is 5.60 Å². The summed E-state index contributed by atoms with van der Waals surface area (Å²) in [5.41, 5.74) is 0.907. The summed E-state index contributed by atoms with van der Waals surface area (Å²) in [4.78, 5) is 0. The molecule has 0 spiro atoms. The highest BCUT2D eigenvalue weighted by Gasteiger charge is 2.87. The van der Waals surface area contributed by atoms with E-state index < -0.39 is 5.60 Å². The Kier molecular flexibility index (Phi) is 1.47. The Morgan fingerprint density at radius 1 is 1.06 bits per heavy atom. The molecule has 17 heavy (non-hydrogen) atoms. The molecule has 4 aliphatic carbocycles. The van der Waals surface area contributed by atoms with Crippen molar-refractivity contribution in [2.24, 2.45) is 28.6 Å². The molecule has 1 heteroatoms. The maximum Gasteiger partial charge on any atom is 0.0988 e. The van der Waals surface area contributed by atoms with Crippen molar-refractivity contribution in [2.45, 2.75) is 32.8 Å². The number of rotatable bonds is 1. The van der Waals surface area contributed by atoms with Crippen LogP contribution in [0.5, 0.6) is 0 Å². The van der Waals surface area contributed by atoms with Gasteiger partial charge in [0.2, 0.25) is 0 Å². The lowest BCUT2D eigenvalue weighted by molar-refractivity contribution is -0.0882. The Bertz CT molecular complexity index is 492. The van der Waals surface area contributed by atoms with E-state index in [4.69, 9.17) is 0 Å². The number of benzene rings is 1. The van der Waals surface area contributed by atoms with Crippen molar-refractivity contribution < 1.29 is 5.11 Å². The lowest BCUT2D eigenvalue weighted by Crippen LogP contribution is -2.44. The average molecular weight is 228 g/mol. The molecule has 0 saturated heterocycles. The molecule has 4 aliphatic rings. The van der Waals surface area contributed by atoms with Crippen LogP contribution in [0.2, 0.25) is 0 Å². The van der Waals surface area contributed by atoms with Gasteiger partial charge in [-0.1, -0.05) is 51.1 Å². The molecule has 0 aliphatic heterocycles. The predicted molar refractivity (Wildman–Crippen MR) is 67.3 cm³/mol. The predicted octanol–water partition coefficient (Wildman–Crippen LogP) is 3.19. The zero-order valence-corrected chi connectivity index (χ0v) is 10.8. The van der Waals surface area contributed by atoms with Gasteiger partial charge in [0, 0.05) is 5.41 Å². The maximum absolute atomic E-state index is 11.4. The van der Waals surface area contributed by atoms with Gasteiger partial charge in [0.25, 0.3) is 0 Å². The second-order valence-corrected chi connectivity index (χ2v) is 7.11. The second-order valence-electron chi connectivity index (χ2n) is 7.11. The summed E-state index contributed by atoms with van der Waals surface area (Å²) in [6.45, 7) is 7.02. The van der Waals surface area contributed by atoms with Gasteiger partial charge in [-0.3, -0.25) is 0 Å². The van der Waals surface area contributed by atoms with E-state index in [0.29, 0.717) is 5.92 Å². The summed E-state index contributed by atoms with van der Waals surface area (Å²) in [6, 6.07) is 10.4. The van der Waals surface area contributed by atoms with Gasteiger partial charge >= 0.3 is 0 Å². The molecule has 1 nitrogen and oxygen atoms in total. The van der Waals surface area contributed by atoms with E-state index in [1.54, 1.807) is 0 Å². The van der Waals surface area contributed by atoms with Crippen LogP contribution in [0.25, 0.3) is 0 Å². The van der Waals surface area contributed by atoms with Crippen molar-refractivity contribution in [1.82, 2.24) is 0 Å². The quantitative estimate of drug-likeness (QED) is 0.782. The SMILES string of the molecule is CC1(C)[C@H]2C3C[C@]1(C)C(O)(c1ccccc1)C32. The molecular formula is C16H20O. The van der Waals surface area contributed by atoms with E-state index >= 15 is 0 Å². The third-order valence-electron chi connectivity index (χ3n) is 6.61. The fourth-order valence-electron chi connectivity index (χ4n) is 5.50. The summed E-state index contributed by atoms with van der Waals surface area (Å²) in [7, 11) is 0. The highest BCUT2D eigenvalue weighted by molar-refractivity contribution is 5.42. The van der Waals surface area contributed by atoms with Crippen LogP contribution < -0.4 is 0 Å². The van der Waals surface area contributed by atoms with Gasteiger partial charge in [-0.05, 0) is 35.2 Å². The molecule has 1 N–H and O–H groups in total. The molecule has 4 bridgehead atoms. The van der Waals surface area contributed by atoms with Gasteiger partial charge in [0.05, 0.1) is 5.60 Å². The van der Waals surface area contributed by atoms with Crippen molar-refractivity contribution in [3.8, 4) is 0 Å². The van der Waals surface area contributed by atoms with E-state index in [0.717, 1.165) is 17.4 Å². The third kappa shape index (κ3) is 0.779. The van der Waals surface area contributed by atoms with Crippen LogP contribution in [-0.4, -0.2) is 5.11 Å². The second kappa shape index (κ2) is 2.47. The minimum Gasteiger partial charge on any atom is -0.384 e. The standard InChI is InChI=1S/C16H20O/c1-14(2)12-11-9-15(14,3)16(17,13(11)12)10-7-5-4-6-8-10/h4-8,11-13,17H,9H2,1-3H3/t11?,12-,13?,15-,16?/m0/s1. The summed E-state index contributed by atoms with van der Waals surface area (Å²) in [5, 5.41) is 11.4. The molecule has 5 atom stereocenters. The van der Waals surface area contributed by atoms with Gasteiger partial charge in [-0.2, -0.15) is 0 Å². The smallest absolute Gasteiger partial charge is 0.0988 e. The van der Waals surface area contributed by atoms with Gasteiger partial charge in [0.15, 0.2) is 0 Å². The highest BCUT2D eigenvalue weighted by atomic mass is 16.3. The zero-order valence-electron chi connectivity index (χ0n) is 10.8. The first-order valence-corrected chi connectivity index (χ1v) is 6.72. The molecule has 1 aromatic rings. The zero-order chi connectivity index (χ0) is 12.1. The van der Waals surface area contributed by atoms with Crippen molar-refractivity contribution in [2.75, 3.05) is 0 Å². The van der Waals surface area contributed by atoms with Crippen LogP contribution in [0, 0.1) is 28.6 Å². The van der Waals surface area contributed by atoms with Gasteiger partial charge < -0.3 is 5.11 Å². The molecule has 90 valence electrons. The largest absolute Gasteiger partial charge is 0.384 e. The molecule has 5 rings (SSSR count). The number of hydrogen-bond donors (Lipinski definition) is 1. The number of aliphatic hydroxyl groups is 1. The first kappa shape index (κ1) is 10.1. The van der Waals surface area contributed by atoms with Crippen LogP contribution in [0.4, 0.5) is 0 Å². The summed E-state index contributed by atoms with van der Waals surface area (Å²) < 4.78 is 0. The Labute approximate surface area is 103 Å². The Morgan fingerprint density at radius 3 is 2.12 bits per heavy atom. The fraction of sp³-hybridized carbons (Fsp3) is 0.625. The Hall–Kier alpha value is -0.820. The van der Waals surface area contributed by atoms with Crippen molar-refractivity contribution in [3.63, 3.8) is 0 Å². The first-order chi connectivity index (χ1) is 7.94. The van der Waals surface area contributed by atoms with Crippen molar-refractivity contribution >= 4 is 0 Å². The fourth-order valence-corrected chi connectivity index (χ4v) is 5.50. The lowest BCUT2D eigenvalue weighted by atomic mass is 9.63. The first-order valence-electron chi connectivity index (χ1n) is 6.72. The monoisotopic (exact) mass is 228 g/mol. The van der Waals surface area contributed by atoms with Crippen LogP contribution >= 0.6 is 0 Å². The van der Waals surface area contributed by atoms with E-state index in [2.05, 4.69) is 45.0 Å². The van der Waals surface area contributed by atoms with Crippen molar-refractivity contribution in [3.05, 3.63) is 35.9 Å². The summed E-state index contributed by atoms with van der Waals surface area (Å²) in [5.74, 6) is 2.04. The molecular weight excluding hydrogens is 208 g/mol. The van der Waals surface area contributed by atoms with Gasteiger partial charge in [0.1, 0.15) is 0 Å². The Morgan fingerprint density at radius 2 is 1.71 bits per heavy atom. The summed E-state index contributed by atoms with van der Waals surface area (Å²) in [6.07, 6.45) is 1.21. The van der Waals surface area contributed by atoms with E-state index in [9.17, 15) is 5.11 Å². The molecule has 3 unspecified atom stereocenters. The van der Waals surface area contributed by atoms with E-state index in [1.807, 2.05) is 6.07 Å². The maximum atomic E-state index is 11.4. The minimum atomic E-state index is -0.576. The van der Waals surface area contributed by atoms with Crippen LogP contribution in [0.15, 0.2) is 30.3 Å². The van der Waals surface area contributed by atoms with Crippen molar-refractivity contribution in [1.29, 1.82) is 0 Å². The molecule has 0 aromatic heterocycles. The number of hydrogen-bond acceptors (Lipinski definition) is 1. The minimum absolute atomic E-state index is 0.0569. The third-order valence-corrected chi connectivity index (χ3v) is 6.61. The van der Waals surface area contributed by atoms with Gasteiger partial charge in [-0.15, -0.1) is 0 Å². The van der Waals surface area contributed by atoms with E-state index in [-0.39, 0.29) is 10.8 Å². The average Bonchev–Trinajstić information content (AvgIpc) is 2.88.